The molecule has 0 saturated carbocycles. The fourth-order valence-electron chi connectivity index (χ4n) is 3.44. The van der Waals surface area contributed by atoms with Crippen LogP contribution in [0.5, 0.6) is 0 Å². The SMILES string of the molecule is CC(c1ccc(CN2CCc3cc(C(N)=O)ccc32)cc1)(C(F)(F)F)C(F)(F)F. The Balaban J connectivity index is 1.83. The zero-order valence-electron chi connectivity index (χ0n) is 15.4. The number of primary amides is 1. The van der Waals surface area contributed by atoms with E-state index in [0.717, 1.165) is 23.4 Å². The number of carbonyl (C=O) groups excluding carboxylic acids is 1. The standard InChI is InChI=1S/C20H18F6N2O/c1-18(19(21,22)23,20(24,25)26)15-5-2-12(3-6-15)11-28-9-8-13-10-14(17(27)29)4-7-16(13)28/h2-7,10H,8-9,11H2,1H3,(H2,27,29). The van der Waals surface area contributed by atoms with Gasteiger partial charge in [-0.25, -0.2) is 0 Å². The van der Waals surface area contributed by atoms with Crippen molar-refractivity contribution in [3.63, 3.8) is 0 Å². The fourth-order valence-corrected chi connectivity index (χ4v) is 3.44. The molecule has 0 aromatic heterocycles. The van der Waals surface area contributed by atoms with Crippen molar-refractivity contribution >= 4 is 11.6 Å². The lowest BCUT2D eigenvalue weighted by Gasteiger charge is -2.34. The average Bonchev–Trinajstić information content (AvgIpc) is 3.02. The van der Waals surface area contributed by atoms with E-state index in [4.69, 9.17) is 5.73 Å². The van der Waals surface area contributed by atoms with Crippen LogP contribution >= 0.6 is 0 Å². The first-order valence-electron chi connectivity index (χ1n) is 8.75. The molecule has 0 aliphatic carbocycles. The van der Waals surface area contributed by atoms with Gasteiger partial charge < -0.3 is 10.6 Å². The first kappa shape index (κ1) is 21.0. The zero-order valence-corrected chi connectivity index (χ0v) is 15.4. The lowest BCUT2D eigenvalue weighted by Crippen LogP contribution is -2.51. The summed E-state index contributed by atoms with van der Waals surface area (Å²) in [6, 6.07) is 9.33. The number of halogens is 6. The highest BCUT2D eigenvalue weighted by molar-refractivity contribution is 5.93. The summed E-state index contributed by atoms with van der Waals surface area (Å²) in [6.45, 7) is 1.08. The van der Waals surface area contributed by atoms with Crippen LogP contribution in [-0.2, 0) is 18.4 Å². The van der Waals surface area contributed by atoms with Gasteiger partial charge in [-0.2, -0.15) is 26.3 Å². The van der Waals surface area contributed by atoms with Gasteiger partial charge in [-0.1, -0.05) is 24.3 Å². The first-order valence-corrected chi connectivity index (χ1v) is 8.75. The second kappa shape index (κ2) is 6.96. The average molecular weight is 416 g/mol. The van der Waals surface area contributed by atoms with Crippen molar-refractivity contribution in [3.8, 4) is 0 Å². The largest absolute Gasteiger partial charge is 0.406 e. The van der Waals surface area contributed by atoms with E-state index < -0.39 is 29.2 Å². The second-order valence-corrected chi connectivity index (χ2v) is 7.20. The highest BCUT2D eigenvalue weighted by Gasteiger charge is 2.68. The Bertz CT molecular complexity index is 904. The lowest BCUT2D eigenvalue weighted by atomic mass is 9.80. The zero-order chi connectivity index (χ0) is 21.6. The number of anilines is 1. The molecule has 2 aromatic carbocycles. The Hall–Kier alpha value is -2.71. The van der Waals surface area contributed by atoms with Crippen LogP contribution in [0, 0.1) is 0 Å². The number of nitrogens with zero attached hydrogens (tertiary/aromatic N) is 1. The van der Waals surface area contributed by atoms with Gasteiger partial charge in [-0.3, -0.25) is 4.79 Å². The van der Waals surface area contributed by atoms with Gasteiger partial charge in [0.2, 0.25) is 5.91 Å². The van der Waals surface area contributed by atoms with Crippen molar-refractivity contribution in [1.29, 1.82) is 0 Å². The molecule has 0 spiro atoms. The highest BCUT2D eigenvalue weighted by atomic mass is 19.4. The molecule has 156 valence electrons. The summed E-state index contributed by atoms with van der Waals surface area (Å²) in [4.78, 5) is 13.2. The topological polar surface area (TPSA) is 46.3 Å². The van der Waals surface area contributed by atoms with Crippen molar-refractivity contribution in [2.45, 2.75) is 37.7 Å². The number of hydrogen-bond acceptors (Lipinski definition) is 2. The predicted molar refractivity (Wildman–Crippen MR) is 95.6 cm³/mol. The Labute approximate surface area is 163 Å². The maximum absolute atomic E-state index is 13.2. The van der Waals surface area contributed by atoms with Crippen molar-refractivity contribution in [2.75, 3.05) is 11.4 Å². The van der Waals surface area contributed by atoms with Gasteiger partial charge in [0.15, 0.2) is 5.41 Å². The smallest absolute Gasteiger partial charge is 0.367 e. The molecule has 2 aromatic rings. The van der Waals surface area contributed by atoms with E-state index in [9.17, 15) is 31.1 Å². The molecule has 0 unspecified atom stereocenters. The van der Waals surface area contributed by atoms with Gasteiger partial charge in [0.1, 0.15) is 0 Å². The van der Waals surface area contributed by atoms with E-state index in [1.165, 1.54) is 12.1 Å². The third-order valence-electron chi connectivity index (χ3n) is 5.39. The maximum Gasteiger partial charge on any atom is 0.406 e. The summed E-state index contributed by atoms with van der Waals surface area (Å²) in [5.74, 6) is -0.542. The van der Waals surface area contributed by atoms with Gasteiger partial charge >= 0.3 is 12.4 Å². The molecule has 3 rings (SSSR count). The minimum atomic E-state index is -5.47. The molecule has 0 saturated heterocycles. The van der Waals surface area contributed by atoms with Gasteiger partial charge in [0.25, 0.3) is 0 Å². The molecule has 1 aliphatic heterocycles. The second-order valence-electron chi connectivity index (χ2n) is 7.20. The number of hydrogen-bond donors (Lipinski definition) is 1. The minimum absolute atomic E-state index is 0.148. The number of carbonyl (C=O) groups is 1. The molecular formula is C20H18F6N2O. The van der Waals surface area contributed by atoms with Crippen LogP contribution in [0.4, 0.5) is 32.0 Å². The minimum Gasteiger partial charge on any atom is -0.367 e. The molecule has 9 heteroatoms. The van der Waals surface area contributed by atoms with Crippen LogP contribution in [0.3, 0.4) is 0 Å². The van der Waals surface area contributed by atoms with Gasteiger partial charge in [0, 0.05) is 24.3 Å². The van der Waals surface area contributed by atoms with Crippen molar-refractivity contribution in [2.24, 2.45) is 5.73 Å². The van der Waals surface area contributed by atoms with Crippen LogP contribution in [0.25, 0.3) is 0 Å². The Morgan fingerprint density at radius 1 is 1.00 bits per heavy atom. The van der Waals surface area contributed by atoms with Crippen LogP contribution in [0.1, 0.15) is 34.0 Å². The van der Waals surface area contributed by atoms with Gasteiger partial charge in [0.05, 0.1) is 0 Å². The van der Waals surface area contributed by atoms with Crippen molar-refractivity contribution in [3.05, 3.63) is 64.7 Å². The van der Waals surface area contributed by atoms with Crippen molar-refractivity contribution < 1.29 is 31.1 Å². The Morgan fingerprint density at radius 2 is 1.59 bits per heavy atom. The molecule has 0 atom stereocenters. The molecule has 1 aliphatic rings. The summed E-state index contributed by atoms with van der Waals surface area (Å²) in [5, 5.41) is 0. The first-order chi connectivity index (χ1) is 13.3. The molecule has 0 radical (unpaired) electrons. The van der Waals surface area contributed by atoms with Crippen LogP contribution < -0.4 is 10.6 Å². The van der Waals surface area contributed by atoms with E-state index in [-0.39, 0.29) is 6.92 Å². The van der Waals surface area contributed by atoms with E-state index in [1.54, 1.807) is 18.2 Å². The van der Waals surface area contributed by atoms with Crippen LogP contribution in [0.15, 0.2) is 42.5 Å². The van der Waals surface area contributed by atoms with Gasteiger partial charge in [-0.05, 0) is 48.2 Å². The third-order valence-corrected chi connectivity index (χ3v) is 5.39. The number of nitrogens with two attached hydrogens (primary N) is 1. The fraction of sp³-hybridized carbons (Fsp3) is 0.350. The number of rotatable bonds is 4. The summed E-state index contributed by atoms with van der Waals surface area (Å²) in [7, 11) is 0. The number of fused-ring (bicyclic) bond motifs is 1. The highest BCUT2D eigenvalue weighted by Crippen LogP contribution is 2.51. The molecular weight excluding hydrogens is 398 g/mol. The normalized spacial score (nSPS) is 14.8. The predicted octanol–water partition coefficient (Wildman–Crippen LogP) is 4.73. The number of amides is 1. The number of benzene rings is 2. The molecule has 0 bridgehead atoms. The molecule has 1 amide bonds. The Kier molecular flexibility index (Phi) is 5.04. The van der Waals surface area contributed by atoms with Gasteiger partial charge in [-0.15, -0.1) is 0 Å². The quantitative estimate of drug-likeness (QED) is 0.733. The summed E-state index contributed by atoms with van der Waals surface area (Å²) < 4.78 is 79.2. The number of alkyl halides is 6. The molecule has 1 heterocycles. The summed E-state index contributed by atoms with van der Waals surface area (Å²) >= 11 is 0. The lowest BCUT2D eigenvalue weighted by molar-refractivity contribution is -0.297. The van der Waals surface area contributed by atoms with E-state index in [0.29, 0.717) is 30.6 Å². The molecule has 0 fully saturated rings. The molecule has 3 nitrogen and oxygen atoms in total. The van der Waals surface area contributed by atoms with Crippen LogP contribution in [0.2, 0.25) is 0 Å². The monoisotopic (exact) mass is 416 g/mol. The molecule has 2 N–H and O–H groups in total. The van der Waals surface area contributed by atoms with Crippen LogP contribution in [-0.4, -0.2) is 24.8 Å². The van der Waals surface area contributed by atoms with E-state index >= 15 is 0 Å². The maximum atomic E-state index is 13.2. The summed E-state index contributed by atoms with van der Waals surface area (Å²) in [6.07, 6.45) is -10.3. The van der Waals surface area contributed by atoms with E-state index in [1.807, 2.05) is 4.90 Å². The van der Waals surface area contributed by atoms with E-state index in [2.05, 4.69) is 0 Å². The third kappa shape index (κ3) is 3.65. The van der Waals surface area contributed by atoms with Crippen molar-refractivity contribution in [1.82, 2.24) is 0 Å². The molecule has 29 heavy (non-hydrogen) atoms. The Morgan fingerprint density at radius 3 is 2.10 bits per heavy atom. The summed E-state index contributed by atoms with van der Waals surface area (Å²) in [5.41, 5.74) is 3.20.